The molecule has 0 amide bonds. The second-order valence-electron chi connectivity index (χ2n) is 9.92. The number of benzene rings is 2. The number of hydrogen-bond acceptors (Lipinski definition) is 6. The molecule has 1 atom stereocenters. The summed E-state index contributed by atoms with van der Waals surface area (Å²) in [4.78, 5) is 33.0. The first kappa shape index (κ1) is 29.9. The summed E-state index contributed by atoms with van der Waals surface area (Å²) in [6.45, 7) is 7.99. The molecule has 1 unspecified atom stereocenters. The standard InChI is InChI=1S/C32H31Cl2N3O4S/c1-6-10-25-28(31(39)41-7-2)29(22-11-8-9-12-26(22)40-5)37-30(38)27(42-32(37)35-25)16-20-15-18(3)36(19(20)4)21-13-14-23(33)24(34)17-21/h8-9,11-17,29H,6-7,10H2,1-5H3/b27-16-. The monoisotopic (exact) mass is 623 g/mol. The Morgan fingerprint density at radius 1 is 1.10 bits per heavy atom. The molecule has 4 aromatic rings. The number of allylic oxidation sites excluding steroid dienone is 1. The number of rotatable bonds is 8. The molecule has 0 radical (unpaired) electrons. The highest BCUT2D eigenvalue weighted by Crippen LogP contribution is 2.37. The molecule has 0 bridgehead atoms. The molecule has 0 spiro atoms. The van der Waals surface area contributed by atoms with Crippen LogP contribution >= 0.6 is 34.5 Å². The van der Waals surface area contributed by atoms with Crippen LogP contribution in [0.25, 0.3) is 11.8 Å². The Morgan fingerprint density at radius 3 is 2.55 bits per heavy atom. The average molecular weight is 625 g/mol. The summed E-state index contributed by atoms with van der Waals surface area (Å²) in [6.07, 6.45) is 3.22. The minimum Gasteiger partial charge on any atom is -0.496 e. The van der Waals surface area contributed by atoms with Gasteiger partial charge in [-0.25, -0.2) is 9.79 Å². The normalized spacial score (nSPS) is 15.0. The van der Waals surface area contributed by atoms with Gasteiger partial charge in [0.05, 0.1) is 39.6 Å². The summed E-state index contributed by atoms with van der Waals surface area (Å²) in [5.41, 5.74) is 5.11. The third-order valence-electron chi connectivity index (χ3n) is 7.24. The highest BCUT2D eigenvalue weighted by Gasteiger charge is 2.35. The van der Waals surface area contributed by atoms with Crippen molar-refractivity contribution in [2.45, 2.75) is 46.6 Å². The second kappa shape index (κ2) is 12.3. The minimum atomic E-state index is -0.746. The maximum Gasteiger partial charge on any atom is 0.338 e. The number of thiazole rings is 1. The van der Waals surface area contributed by atoms with E-state index < -0.39 is 12.0 Å². The number of para-hydroxylation sites is 1. The summed E-state index contributed by atoms with van der Waals surface area (Å²) < 4.78 is 15.3. The number of carbonyl (C=O) groups is 1. The van der Waals surface area contributed by atoms with Crippen LogP contribution in [-0.2, 0) is 9.53 Å². The number of hydrogen-bond donors (Lipinski definition) is 0. The van der Waals surface area contributed by atoms with Crippen LogP contribution in [0.3, 0.4) is 0 Å². The number of methoxy groups -OCH3 is 1. The molecule has 2 aromatic carbocycles. The van der Waals surface area contributed by atoms with Crippen molar-refractivity contribution >= 4 is 46.6 Å². The van der Waals surface area contributed by atoms with Gasteiger partial charge in [0.15, 0.2) is 4.80 Å². The van der Waals surface area contributed by atoms with Crippen LogP contribution in [0.4, 0.5) is 0 Å². The van der Waals surface area contributed by atoms with Gasteiger partial charge in [-0.05, 0) is 69.2 Å². The lowest BCUT2D eigenvalue weighted by atomic mass is 9.93. The zero-order chi connectivity index (χ0) is 30.1. The molecule has 0 saturated carbocycles. The number of esters is 1. The van der Waals surface area contributed by atoms with Gasteiger partial charge in [0.1, 0.15) is 11.8 Å². The summed E-state index contributed by atoms with van der Waals surface area (Å²) in [5, 5.41) is 0.951. The van der Waals surface area contributed by atoms with Crippen LogP contribution in [0.1, 0.15) is 55.2 Å². The SMILES string of the molecule is CCCC1=C(C(=O)OCC)C(c2ccccc2OC)n2c(s/c(=C\c3cc(C)n(-c4ccc(Cl)c(Cl)c4)c3C)c2=O)=N1. The number of aromatic nitrogens is 2. The molecule has 0 N–H and O–H groups in total. The Bertz CT molecular complexity index is 1900. The van der Waals surface area contributed by atoms with E-state index in [0.29, 0.717) is 48.4 Å². The van der Waals surface area contributed by atoms with E-state index >= 15 is 0 Å². The lowest BCUT2D eigenvalue weighted by Crippen LogP contribution is -2.40. The molecule has 2 aromatic heterocycles. The molecule has 1 aliphatic heterocycles. The van der Waals surface area contributed by atoms with Gasteiger partial charge in [-0.2, -0.15) is 0 Å². The third-order valence-corrected chi connectivity index (χ3v) is 8.97. The van der Waals surface area contributed by atoms with E-state index in [4.69, 9.17) is 37.7 Å². The molecule has 10 heteroatoms. The molecule has 218 valence electrons. The van der Waals surface area contributed by atoms with Gasteiger partial charge in [0, 0.05) is 22.6 Å². The lowest BCUT2D eigenvalue weighted by Gasteiger charge is -2.26. The summed E-state index contributed by atoms with van der Waals surface area (Å²) in [6, 6.07) is 14.2. The van der Waals surface area contributed by atoms with Gasteiger partial charge in [-0.3, -0.25) is 9.36 Å². The molecule has 3 heterocycles. The fourth-order valence-electron chi connectivity index (χ4n) is 5.40. The molecule has 1 aliphatic rings. The van der Waals surface area contributed by atoms with Gasteiger partial charge < -0.3 is 14.0 Å². The van der Waals surface area contributed by atoms with Crippen molar-refractivity contribution in [2.24, 2.45) is 4.99 Å². The fraction of sp³-hybridized carbons (Fsp3) is 0.281. The first-order valence-corrected chi connectivity index (χ1v) is 15.3. The van der Waals surface area contributed by atoms with Crippen LogP contribution in [0, 0.1) is 13.8 Å². The Labute approximate surface area is 258 Å². The molecular formula is C32H31Cl2N3O4S. The number of halogens is 2. The van der Waals surface area contributed by atoms with E-state index in [-0.39, 0.29) is 12.2 Å². The fourth-order valence-corrected chi connectivity index (χ4v) is 6.71. The van der Waals surface area contributed by atoms with E-state index in [0.717, 1.165) is 29.1 Å². The molecular weight excluding hydrogens is 593 g/mol. The number of fused-ring (bicyclic) bond motifs is 1. The predicted molar refractivity (Wildman–Crippen MR) is 168 cm³/mol. The Morgan fingerprint density at radius 2 is 1.86 bits per heavy atom. The topological polar surface area (TPSA) is 74.8 Å². The zero-order valence-electron chi connectivity index (χ0n) is 24.0. The van der Waals surface area contributed by atoms with Crippen molar-refractivity contribution in [2.75, 3.05) is 13.7 Å². The average Bonchev–Trinajstić information content (AvgIpc) is 3.43. The van der Waals surface area contributed by atoms with Gasteiger partial charge in [0.2, 0.25) is 0 Å². The molecule has 0 aliphatic carbocycles. The number of aryl methyl sites for hydroxylation is 1. The highest BCUT2D eigenvalue weighted by molar-refractivity contribution is 7.07. The second-order valence-corrected chi connectivity index (χ2v) is 11.7. The van der Waals surface area contributed by atoms with Crippen molar-refractivity contribution in [1.82, 2.24) is 9.13 Å². The van der Waals surface area contributed by atoms with Crippen molar-refractivity contribution in [3.8, 4) is 11.4 Å². The molecule has 7 nitrogen and oxygen atoms in total. The van der Waals surface area contributed by atoms with Crippen molar-refractivity contribution in [3.05, 3.63) is 112 Å². The third kappa shape index (κ3) is 5.35. The molecule has 0 saturated heterocycles. The van der Waals surface area contributed by atoms with E-state index in [1.54, 1.807) is 24.7 Å². The van der Waals surface area contributed by atoms with Gasteiger partial charge >= 0.3 is 5.97 Å². The molecule has 0 fully saturated rings. The molecule has 42 heavy (non-hydrogen) atoms. The summed E-state index contributed by atoms with van der Waals surface area (Å²) in [7, 11) is 1.58. The molecule has 5 rings (SSSR count). The first-order valence-electron chi connectivity index (χ1n) is 13.7. The lowest BCUT2D eigenvalue weighted by molar-refractivity contribution is -0.139. The van der Waals surface area contributed by atoms with E-state index in [2.05, 4.69) is 4.57 Å². The number of carbonyl (C=O) groups excluding carboxylic acids is 1. The summed E-state index contributed by atoms with van der Waals surface area (Å²) in [5.74, 6) is 0.0851. The van der Waals surface area contributed by atoms with E-state index in [1.165, 1.54) is 11.3 Å². The van der Waals surface area contributed by atoms with Crippen LogP contribution < -0.4 is 19.6 Å². The maximum absolute atomic E-state index is 14.2. The minimum absolute atomic E-state index is 0.208. The number of ether oxygens (including phenoxy) is 2. The summed E-state index contributed by atoms with van der Waals surface area (Å²) >= 11 is 13.8. The highest BCUT2D eigenvalue weighted by atomic mass is 35.5. The van der Waals surface area contributed by atoms with Gasteiger partial charge in [0.25, 0.3) is 5.56 Å². The Hall–Kier alpha value is -3.59. The van der Waals surface area contributed by atoms with Crippen LogP contribution in [0.5, 0.6) is 5.75 Å². The first-order chi connectivity index (χ1) is 20.2. The largest absolute Gasteiger partial charge is 0.496 e. The Kier molecular flexibility index (Phi) is 8.78. The van der Waals surface area contributed by atoms with Gasteiger partial charge in [-0.15, -0.1) is 0 Å². The van der Waals surface area contributed by atoms with Crippen molar-refractivity contribution < 1.29 is 14.3 Å². The number of nitrogens with zero attached hydrogens (tertiary/aromatic N) is 3. The Balaban J connectivity index is 1.74. The van der Waals surface area contributed by atoms with Crippen molar-refractivity contribution in [1.29, 1.82) is 0 Å². The van der Waals surface area contributed by atoms with Crippen molar-refractivity contribution in [3.63, 3.8) is 0 Å². The predicted octanol–water partition coefficient (Wildman–Crippen LogP) is 6.30. The van der Waals surface area contributed by atoms with Crippen LogP contribution in [0.15, 0.2) is 69.6 Å². The maximum atomic E-state index is 14.2. The van der Waals surface area contributed by atoms with Crippen LogP contribution in [-0.4, -0.2) is 28.8 Å². The van der Waals surface area contributed by atoms with Crippen LogP contribution in [0.2, 0.25) is 10.0 Å². The van der Waals surface area contributed by atoms with E-state index in [1.807, 2.05) is 69.3 Å². The quantitative estimate of drug-likeness (QED) is 0.216. The van der Waals surface area contributed by atoms with E-state index in [9.17, 15) is 9.59 Å². The van der Waals surface area contributed by atoms with Gasteiger partial charge in [-0.1, -0.05) is 66.1 Å². The zero-order valence-corrected chi connectivity index (χ0v) is 26.4. The smallest absolute Gasteiger partial charge is 0.338 e.